The number of ketones is 1. The van der Waals surface area contributed by atoms with Gasteiger partial charge in [0, 0.05) is 17.9 Å². The Bertz CT molecular complexity index is 410. The molecular formula is C17H36O4S2. The minimum Gasteiger partial charge on any atom is -0.299 e. The number of carbonyl (C=O) groups excluding carboxylic acids is 1. The van der Waals surface area contributed by atoms with Gasteiger partial charge in [-0.15, -0.1) is 10.3 Å². The molecule has 4 nitrogen and oxygen atoms in total. The molecule has 6 heteroatoms. The Balaban J connectivity index is 5.27. The van der Waals surface area contributed by atoms with Crippen LogP contribution in [0, 0.1) is 0 Å². The van der Waals surface area contributed by atoms with E-state index in [1.54, 1.807) is 0 Å². The highest BCUT2D eigenvalue weighted by Gasteiger charge is 2.32. The molecular weight excluding hydrogens is 332 g/mol. The maximum Gasteiger partial charge on any atom is 0.276 e. The van der Waals surface area contributed by atoms with E-state index >= 15 is 0 Å². The molecule has 0 N–H and O–H groups in total. The molecule has 23 heavy (non-hydrogen) atoms. The van der Waals surface area contributed by atoms with Crippen LogP contribution in [0.4, 0.5) is 0 Å². The minimum absolute atomic E-state index is 0.0679. The first-order chi connectivity index (χ1) is 10.8. The van der Waals surface area contributed by atoms with Crippen molar-refractivity contribution in [1.82, 2.24) is 0 Å². The van der Waals surface area contributed by atoms with Crippen LogP contribution < -0.4 is 0 Å². The standard InChI is InChI=1S/C17H36O4S2/c1-5-9-13-22(14-10-6-2,16-17(18)12-8-4)21-23(19,20)15-11-7-3/h5-16H2,1-4H3. The van der Waals surface area contributed by atoms with Gasteiger partial charge in [0.2, 0.25) is 0 Å². The van der Waals surface area contributed by atoms with Crippen molar-refractivity contribution in [2.24, 2.45) is 0 Å². The summed E-state index contributed by atoms with van der Waals surface area (Å²) in [6.45, 7) is 8.12. The summed E-state index contributed by atoms with van der Waals surface area (Å²) in [6, 6.07) is 0. The Morgan fingerprint density at radius 3 is 1.70 bits per heavy atom. The van der Waals surface area contributed by atoms with Gasteiger partial charge in [0.25, 0.3) is 10.1 Å². The Morgan fingerprint density at radius 1 is 0.783 bits per heavy atom. The Kier molecular flexibility index (Phi) is 12.3. The lowest BCUT2D eigenvalue weighted by atomic mass is 10.3. The molecule has 0 aromatic carbocycles. The minimum atomic E-state index is -3.54. The molecule has 0 atom stereocenters. The van der Waals surface area contributed by atoms with Crippen molar-refractivity contribution in [3.8, 4) is 0 Å². The molecule has 0 rings (SSSR count). The van der Waals surface area contributed by atoms with Gasteiger partial charge in [-0.3, -0.25) is 4.79 Å². The summed E-state index contributed by atoms with van der Waals surface area (Å²) in [7, 11) is -5.41. The predicted octanol–water partition coefficient (Wildman–Crippen LogP) is 4.82. The molecule has 0 radical (unpaired) electrons. The van der Waals surface area contributed by atoms with Gasteiger partial charge in [-0.2, -0.15) is 8.42 Å². The molecule has 0 aliphatic carbocycles. The van der Waals surface area contributed by atoms with Gasteiger partial charge in [-0.25, -0.2) is 3.63 Å². The third kappa shape index (κ3) is 10.4. The van der Waals surface area contributed by atoms with Crippen LogP contribution in [0.1, 0.15) is 79.1 Å². The van der Waals surface area contributed by atoms with Crippen molar-refractivity contribution in [1.29, 1.82) is 0 Å². The van der Waals surface area contributed by atoms with Crippen molar-refractivity contribution < 1.29 is 16.8 Å². The summed E-state index contributed by atoms with van der Waals surface area (Å²) in [5.41, 5.74) is 0. The average Bonchev–Trinajstić information content (AvgIpc) is 2.49. The van der Waals surface area contributed by atoms with Crippen LogP contribution in [-0.4, -0.2) is 37.2 Å². The van der Waals surface area contributed by atoms with Crippen molar-refractivity contribution >= 4 is 26.2 Å². The summed E-state index contributed by atoms with van der Waals surface area (Å²) in [4.78, 5) is 12.2. The molecule has 0 aliphatic rings. The number of Topliss-reactive ketones (excluding diaryl/α,β-unsaturated/α-hetero) is 1. The van der Waals surface area contributed by atoms with E-state index < -0.39 is 20.4 Å². The van der Waals surface area contributed by atoms with Crippen molar-refractivity contribution in [2.75, 3.05) is 23.0 Å². The van der Waals surface area contributed by atoms with Gasteiger partial charge in [0.05, 0.1) is 11.5 Å². The summed E-state index contributed by atoms with van der Waals surface area (Å²) in [5, 5.41) is 0. The van der Waals surface area contributed by atoms with E-state index in [2.05, 4.69) is 13.8 Å². The Labute approximate surface area is 145 Å². The van der Waals surface area contributed by atoms with Crippen LogP contribution in [0.5, 0.6) is 0 Å². The number of carbonyl (C=O) groups is 1. The molecule has 0 aromatic rings. The maximum atomic E-state index is 12.4. The average molecular weight is 369 g/mol. The van der Waals surface area contributed by atoms with E-state index in [9.17, 15) is 13.2 Å². The molecule has 140 valence electrons. The van der Waals surface area contributed by atoms with Crippen LogP contribution in [-0.2, 0) is 18.5 Å². The zero-order valence-electron chi connectivity index (χ0n) is 15.4. The lowest BCUT2D eigenvalue weighted by Gasteiger charge is -2.38. The van der Waals surface area contributed by atoms with E-state index in [1.807, 2.05) is 13.8 Å². The molecule has 0 saturated heterocycles. The van der Waals surface area contributed by atoms with E-state index in [0.717, 1.165) is 50.0 Å². The Morgan fingerprint density at radius 2 is 1.26 bits per heavy atom. The SMILES string of the molecule is CCCCS(CCCC)(CC(=O)CCC)OS(=O)(=O)CCCC. The van der Waals surface area contributed by atoms with Crippen LogP contribution in [0.3, 0.4) is 0 Å². The molecule has 0 saturated carbocycles. The fraction of sp³-hybridized carbons (Fsp3) is 0.941. The molecule has 0 bridgehead atoms. The highest BCUT2D eigenvalue weighted by molar-refractivity contribution is 8.33. The highest BCUT2D eigenvalue weighted by atomic mass is 32.3. The van der Waals surface area contributed by atoms with Crippen LogP contribution in [0.15, 0.2) is 0 Å². The van der Waals surface area contributed by atoms with Crippen molar-refractivity contribution in [3.05, 3.63) is 0 Å². The zero-order chi connectivity index (χ0) is 17.8. The van der Waals surface area contributed by atoms with Gasteiger partial charge in [-0.05, 0) is 25.7 Å². The molecule has 0 aromatic heterocycles. The van der Waals surface area contributed by atoms with Gasteiger partial charge in [-0.1, -0.05) is 47.0 Å². The van der Waals surface area contributed by atoms with Gasteiger partial charge in [0.1, 0.15) is 5.78 Å². The number of unbranched alkanes of at least 4 members (excludes halogenated alkanes) is 3. The third-order valence-electron chi connectivity index (χ3n) is 3.69. The highest BCUT2D eigenvalue weighted by Crippen LogP contribution is 2.52. The van der Waals surface area contributed by atoms with E-state index in [0.29, 0.717) is 18.6 Å². The van der Waals surface area contributed by atoms with Crippen molar-refractivity contribution in [2.45, 2.75) is 79.1 Å². The van der Waals surface area contributed by atoms with Gasteiger partial charge < -0.3 is 0 Å². The van der Waals surface area contributed by atoms with E-state index in [-0.39, 0.29) is 11.5 Å². The predicted molar refractivity (Wildman–Crippen MR) is 102 cm³/mol. The summed E-state index contributed by atoms with van der Waals surface area (Å²) in [5.74, 6) is 1.99. The third-order valence-corrected chi connectivity index (χ3v) is 9.37. The largest absolute Gasteiger partial charge is 0.299 e. The van der Waals surface area contributed by atoms with Crippen LogP contribution in [0.2, 0.25) is 0 Å². The molecule has 0 amide bonds. The quantitative estimate of drug-likeness (QED) is 0.416. The first kappa shape index (κ1) is 22.9. The fourth-order valence-electron chi connectivity index (χ4n) is 2.37. The van der Waals surface area contributed by atoms with Crippen LogP contribution >= 0.6 is 10.3 Å². The lowest BCUT2D eigenvalue weighted by molar-refractivity contribution is -0.116. The topological polar surface area (TPSA) is 60.4 Å². The molecule has 0 unspecified atom stereocenters. The van der Waals surface area contributed by atoms with Crippen LogP contribution in [0.25, 0.3) is 0 Å². The molecule has 0 heterocycles. The van der Waals surface area contributed by atoms with E-state index in [4.69, 9.17) is 3.63 Å². The molecule has 0 aliphatic heterocycles. The van der Waals surface area contributed by atoms with Gasteiger partial charge in [0.15, 0.2) is 0 Å². The number of hydrogen-bond acceptors (Lipinski definition) is 4. The maximum absolute atomic E-state index is 12.4. The Hall–Kier alpha value is -0.0700. The van der Waals surface area contributed by atoms with Crippen molar-refractivity contribution in [3.63, 3.8) is 0 Å². The second-order valence-corrected chi connectivity index (χ2v) is 11.3. The van der Waals surface area contributed by atoms with E-state index in [1.165, 1.54) is 0 Å². The summed E-state index contributed by atoms with van der Waals surface area (Å²) < 4.78 is 30.5. The first-order valence-electron chi connectivity index (χ1n) is 9.06. The fourth-order valence-corrected chi connectivity index (χ4v) is 8.64. The molecule has 0 fully saturated rings. The first-order valence-corrected chi connectivity index (χ1v) is 12.7. The second-order valence-electron chi connectivity index (χ2n) is 6.20. The normalized spacial score (nSPS) is 13.2. The smallest absolute Gasteiger partial charge is 0.276 e. The number of hydrogen-bond donors (Lipinski definition) is 0. The number of rotatable bonds is 15. The summed E-state index contributed by atoms with van der Waals surface area (Å²) >= 11 is 0. The molecule has 0 spiro atoms. The zero-order valence-corrected chi connectivity index (χ0v) is 17.1. The monoisotopic (exact) mass is 368 g/mol. The second kappa shape index (κ2) is 12.3. The van der Waals surface area contributed by atoms with Gasteiger partial charge >= 0.3 is 0 Å². The summed E-state index contributed by atoms with van der Waals surface area (Å²) in [6.07, 6.45) is 6.57. The lowest BCUT2D eigenvalue weighted by Crippen LogP contribution is -2.26.